The van der Waals surface area contributed by atoms with Crippen LogP contribution < -0.4 is 0 Å². The highest BCUT2D eigenvalue weighted by molar-refractivity contribution is 5.68. The fourth-order valence-electron chi connectivity index (χ4n) is 4.09. The molecule has 0 aromatic carbocycles. The zero-order valence-electron chi connectivity index (χ0n) is 13.8. The Balaban J connectivity index is 1.51. The molecular formula is C16H29N3O2. The van der Waals surface area contributed by atoms with Crippen LogP contribution in [0.25, 0.3) is 0 Å². The van der Waals surface area contributed by atoms with Crippen LogP contribution in [0.5, 0.6) is 0 Å². The van der Waals surface area contributed by atoms with Gasteiger partial charge >= 0.3 is 6.09 Å². The molecule has 0 aromatic rings. The van der Waals surface area contributed by atoms with E-state index < -0.39 is 5.60 Å². The van der Waals surface area contributed by atoms with Crippen molar-refractivity contribution in [1.29, 1.82) is 0 Å². The molecule has 3 aliphatic heterocycles. The summed E-state index contributed by atoms with van der Waals surface area (Å²) in [6, 6.07) is 0.536. The Bertz CT molecular complexity index is 393. The summed E-state index contributed by atoms with van der Waals surface area (Å²) in [4.78, 5) is 19.1. The van der Waals surface area contributed by atoms with Crippen molar-refractivity contribution in [2.75, 3.05) is 46.3 Å². The van der Waals surface area contributed by atoms with Crippen molar-refractivity contribution in [2.24, 2.45) is 11.8 Å². The monoisotopic (exact) mass is 295 g/mol. The SMILES string of the molecule is CN1C[C@@H]2CN([C@@H]3CCN(C(=O)OC(C)(C)C)C3)C[C@@H]2C1. The molecule has 0 radical (unpaired) electrons. The molecule has 21 heavy (non-hydrogen) atoms. The lowest BCUT2D eigenvalue weighted by Gasteiger charge is -2.27. The highest BCUT2D eigenvalue weighted by Gasteiger charge is 2.43. The number of amides is 1. The lowest BCUT2D eigenvalue weighted by atomic mass is 10.0. The highest BCUT2D eigenvalue weighted by atomic mass is 16.6. The molecule has 5 nitrogen and oxygen atoms in total. The van der Waals surface area contributed by atoms with Gasteiger partial charge in [0.15, 0.2) is 0 Å². The Morgan fingerprint density at radius 2 is 1.67 bits per heavy atom. The average molecular weight is 295 g/mol. The summed E-state index contributed by atoms with van der Waals surface area (Å²) < 4.78 is 5.48. The van der Waals surface area contributed by atoms with Crippen molar-refractivity contribution >= 4 is 6.09 Å². The fraction of sp³-hybridized carbons (Fsp3) is 0.938. The predicted molar refractivity (Wildman–Crippen MR) is 82.3 cm³/mol. The maximum atomic E-state index is 12.1. The van der Waals surface area contributed by atoms with E-state index in [9.17, 15) is 4.79 Å². The lowest BCUT2D eigenvalue weighted by molar-refractivity contribution is 0.0281. The van der Waals surface area contributed by atoms with Crippen LogP contribution in [0, 0.1) is 11.8 Å². The topological polar surface area (TPSA) is 36.0 Å². The van der Waals surface area contributed by atoms with Crippen LogP contribution in [0.15, 0.2) is 0 Å². The van der Waals surface area contributed by atoms with Gasteiger partial charge in [0.05, 0.1) is 0 Å². The van der Waals surface area contributed by atoms with E-state index in [-0.39, 0.29) is 6.09 Å². The Morgan fingerprint density at radius 3 is 2.24 bits per heavy atom. The van der Waals surface area contributed by atoms with Crippen molar-refractivity contribution in [3.63, 3.8) is 0 Å². The number of carbonyl (C=O) groups excluding carboxylic acids is 1. The highest BCUT2D eigenvalue weighted by Crippen LogP contribution is 2.33. The van der Waals surface area contributed by atoms with Gasteiger partial charge in [-0.05, 0) is 46.1 Å². The zero-order valence-corrected chi connectivity index (χ0v) is 13.8. The van der Waals surface area contributed by atoms with Crippen LogP contribution in [0.2, 0.25) is 0 Å². The summed E-state index contributed by atoms with van der Waals surface area (Å²) >= 11 is 0. The first-order valence-corrected chi connectivity index (χ1v) is 8.22. The molecular weight excluding hydrogens is 266 g/mol. The first-order chi connectivity index (χ1) is 9.82. The van der Waals surface area contributed by atoms with E-state index in [2.05, 4.69) is 16.8 Å². The second-order valence-corrected chi connectivity index (χ2v) is 8.06. The Kier molecular flexibility index (Phi) is 3.91. The van der Waals surface area contributed by atoms with Gasteiger partial charge in [0.1, 0.15) is 5.60 Å². The second kappa shape index (κ2) is 5.43. The largest absolute Gasteiger partial charge is 0.444 e. The number of nitrogens with zero attached hydrogens (tertiary/aromatic N) is 3. The van der Waals surface area contributed by atoms with Crippen molar-refractivity contribution in [1.82, 2.24) is 14.7 Å². The average Bonchev–Trinajstić information content (AvgIpc) is 2.98. The lowest BCUT2D eigenvalue weighted by Crippen LogP contribution is -2.40. The van der Waals surface area contributed by atoms with Gasteiger partial charge < -0.3 is 14.5 Å². The van der Waals surface area contributed by atoms with E-state index in [4.69, 9.17) is 4.74 Å². The number of carbonyl (C=O) groups is 1. The molecule has 3 saturated heterocycles. The van der Waals surface area contributed by atoms with E-state index in [0.717, 1.165) is 31.3 Å². The summed E-state index contributed by atoms with van der Waals surface area (Å²) in [5, 5.41) is 0. The third-order valence-electron chi connectivity index (χ3n) is 5.03. The van der Waals surface area contributed by atoms with Crippen molar-refractivity contribution in [3.05, 3.63) is 0 Å². The molecule has 0 aliphatic carbocycles. The molecule has 0 unspecified atom stereocenters. The van der Waals surface area contributed by atoms with Crippen molar-refractivity contribution in [3.8, 4) is 0 Å². The molecule has 0 spiro atoms. The molecule has 3 fully saturated rings. The molecule has 0 saturated carbocycles. The molecule has 0 bridgehead atoms. The maximum absolute atomic E-state index is 12.1. The molecule has 0 aromatic heterocycles. The molecule has 5 heteroatoms. The number of fused-ring (bicyclic) bond motifs is 1. The molecule has 3 rings (SSSR count). The standard InChI is InChI=1S/C16H29N3O2/c1-16(2,3)21-15(20)18-6-5-14(11-18)19-9-12-7-17(4)8-13(12)10-19/h12-14H,5-11H2,1-4H3/t12-,13+,14-/m1/s1. The molecule has 120 valence electrons. The molecule has 3 atom stereocenters. The molecule has 3 aliphatic rings. The minimum Gasteiger partial charge on any atom is -0.444 e. The zero-order chi connectivity index (χ0) is 15.2. The molecule has 3 heterocycles. The summed E-state index contributed by atoms with van der Waals surface area (Å²) in [6.45, 7) is 12.4. The van der Waals surface area contributed by atoms with Crippen molar-refractivity contribution in [2.45, 2.75) is 38.8 Å². The van der Waals surface area contributed by atoms with Crippen LogP contribution in [-0.4, -0.2) is 78.8 Å². The number of hydrogen-bond donors (Lipinski definition) is 0. The van der Waals surface area contributed by atoms with E-state index in [1.165, 1.54) is 26.2 Å². The maximum Gasteiger partial charge on any atom is 0.410 e. The van der Waals surface area contributed by atoms with Crippen LogP contribution in [0.4, 0.5) is 4.79 Å². The third kappa shape index (κ3) is 3.34. The van der Waals surface area contributed by atoms with Gasteiger partial charge in [0, 0.05) is 45.3 Å². The molecule has 1 amide bonds. The summed E-state index contributed by atoms with van der Waals surface area (Å²) in [5.41, 5.74) is -0.398. The first-order valence-electron chi connectivity index (χ1n) is 8.22. The van der Waals surface area contributed by atoms with Crippen LogP contribution in [0.3, 0.4) is 0 Å². The Labute approximate surface area is 128 Å². The van der Waals surface area contributed by atoms with Gasteiger partial charge in [0.25, 0.3) is 0 Å². The number of hydrogen-bond acceptors (Lipinski definition) is 4. The molecule has 0 N–H and O–H groups in total. The van der Waals surface area contributed by atoms with Gasteiger partial charge in [-0.2, -0.15) is 0 Å². The predicted octanol–water partition coefficient (Wildman–Crippen LogP) is 1.49. The summed E-state index contributed by atoms with van der Waals surface area (Å²) in [5.74, 6) is 1.68. The summed E-state index contributed by atoms with van der Waals surface area (Å²) in [6.07, 6.45) is 0.943. The second-order valence-electron chi connectivity index (χ2n) is 8.06. The Hall–Kier alpha value is -0.810. The summed E-state index contributed by atoms with van der Waals surface area (Å²) in [7, 11) is 2.22. The van der Waals surface area contributed by atoms with Crippen LogP contribution in [0.1, 0.15) is 27.2 Å². The van der Waals surface area contributed by atoms with Crippen LogP contribution >= 0.6 is 0 Å². The van der Waals surface area contributed by atoms with E-state index in [1.807, 2.05) is 25.7 Å². The van der Waals surface area contributed by atoms with Gasteiger partial charge in [-0.15, -0.1) is 0 Å². The normalized spacial score (nSPS) is 34.5. The van der Waals surface area contributed by atoms with Crippen LogP contribution in [-0.2, 0) is 4.74 Å². The van der Waals surface area contributed by atoms with Gasteiger partial charge in [0.2, 0.25) is 0 Å². The quantitative estimate of drug-likeness (QED) is 0.734. The van der Waals surface area contributed by atoms with E-state index >= 15 is 0 Å². The number of ether oxygens (including phenoxy) is 1. The first kappa shape index (κ1) is 15.1. The van der Waals surface area contributed by atoms with E-state index in [1.54, 1.807) is 0 Å². The number of rotatable bonds is 1. The van der Waals surface area contributed by atoms with Crippen molar-refractivity contribution < 1.29 is 9.53 Å². The minimum atomic E-state index is -0.398. The number of likely N-dealkylation sites (tertiary alicyclic amines) is 3. The smallest absolute Gasteiger partial charge is 0.410 e. The minimum absolute atomic E-state index is 0.149. The third-order valence-corrected chi connectivity index (χ3v) is 5.03. The van der Waals surface area contributed by atoms with E-state index in [0.29, 0.717) is 6.04 Å². The van der Waals surface area contributed by atoms with Gasteiger partial charge in [-0.1, -0.05) is 0 Å². The fourth-order valence-corrected chi connectivity index (χ4v) is 4.09. The van der Waals surface area contributed by atoms with Gasteiger partial charge in [-0.25, -0.2) is 4.79 Å². The van der Waals surface area contributed by atoms with Gasteiger partial charge in [-0.3, -0.25) is 4.90 Å². The Morgan fingerprint density at radius 1 is 1.05 bits per heavy atom.